The second-order valence-corrected chi connectivity index (χ2v) is 6.47. The van der Waals surface area contributed by atoms with Crippen LogP contribution >= 0.6 is 23.2 Å². The van der Waals surface area contributed by atoms with Gasteiger partial charge in [-0.3, -0.25) is 4.79 Å². The maximum Gasteiger partial charge on any atom is 0.272 e. The molecule has 27 heavy (non-hydrogen) atoms. The maximum absolute atomic E-state index is 12.0. The van der Waals surface area contributed by atoms with Crippen LogP contribution in [0.1, 0.15) is 27.4 Å². The van der Waals surface area contributed by atoms with Crippen molar-refractivity contribution in [2.24, 2.45) is 5.10 Å². The van der Waals surface area contributed by atoms with E-state index in [-0.39, 0.29) is 6.61 Å². The number of benzene rings is 2. The van der Waals surface area contributed by atoms with Gasteiger partial charge in [0.1, 0.15) is 23.9 Å². The maximum atomic E-state index is 12.0. The molecule has 2 aromatic carbocycles. The van der Waals surface area contributed by atoms with Gasteiger partial charge in [-0.05, 0) is 42.8 Å². The Morgan fingerprint density at radius 1 is 1.11 bits per heavy atom. The summed E-state index contributed by atoms with van der Waals surface area (Å²) in [5, 5.41) is 4.79. The third kappa shape index (κ3) is 4.90. The van der Waals surface area contributed by atoms with E-state index in [4.69, 9.17) is 32.4 Å². The molecular formula is C20H16Cl2N2O3. The van der Waals surface area contributed by atoms with Crippen LogP contribution < -0.4 is 10.2 Å². The third-order valence-electron chi connectivity index (χ3n) is 3.68. The normalized spacial score (nSPS) is 10.9. The lowest BCUT2D eigenvalue weighted by Crippen LogP contribution is -2.17. The molecular weight excluding hydrogens is 387 g/mol. The minimum absolute atomic E-state index is 0.227. The van der Waals surface area contributed by atoms with E-state index in [9.17, 15) is 4.79 Å². The number of aryl methyl sites for hydroxylation is 1. The number of amides is 1. The molecule has 5 nitrogen and oxygen atoms in total. The average molecular weight is 403 g/mol. The number of furan rings is 1. The first-order valence-corrected chi connectivity index (χ1v) is 8.85. The molecule has 1 aromatic heterocycles. The molecule has 1 N–H and O–H groups in total. The summed E-state index contributed by atoms with van der Waals surface area (Å²) >= 11 is 12.1. The highest BCUT2D eigenvalue weighted by atomic mass is 35.5. The molecule has 0 saturated carbocycles. The lowest BCUT2D eigenvalue weighted by molar-refractivity contribution is 0.0955. The zero-order valence-electron chi connectivity index (χ0n) is 14.4. The summed E-state index contributed by atoms with van der Waals surface area (Å²) in [7, 11) is 0. The van der Waals surface area contributed by atoms with Crippen LogP contribution in [-0.4, -0.2) is 12.1 Å². The van der Waals surface area contributed by atoms with Crippen molar-refractivity contribution in [2.45, 2.75) is 13.5 Å². The van der Waals surface area contributed by atoms with Crippen LogP contribution in [0, 0.1) is 6.92 Å². The Morgan fingerprint density at radius 3 is 2.67 bits per heavy atom. The summed E-state index contributed by atoms with van der Waals surface area (Å²) in [5.74, 6) is 1.30. The van der Waals surface area contributed by atoms with Gasteiger partial charge in [-0.15, -0.1) is 0 Å². The van der Waals surface area contributed by atoms with Crippen LogP contribution in [0.3, 0.4) is 0 Å². The number of nitrogens with one attached hydrogen (secondary N) is 1. The van der Waals surface area contributed by atoms with Crippen LogP contribution in [0.25, 0.3) is 0 Å². The van der Waals surface area contributed by atoms with Gasteiger partial charge in [0, 0.05) is 0 Å². The zero-order chi connectivity index (χ0) is 19.2. The van der Waals surface area contributed by atoms with Gasteiger partial charge in [0.2, 0.25) is 0 Å². The highest BCUT2D eigenvalue weighted by molar-refractivity contribution is 6.33. The van der Waals surface area contributed by atoms with Gasteiger partial charge in [-0.1, -0.05) is 47.5 Å². The van der Waals surface area contributed by atoms with Crippen LogP contribution in [0.4, 0.5) is 0 Å². The van der Waals surface area contributed by atoms with Gasteiger partial charge >= 0.3 is 0 Å². The number of ether oxygens (including phenoxy) is 1. The Labute approximate surface area is 166 Å². The molecule has 3 rings (SSSR count). The van der Waals surface area contributed by atoms with Gasteiger partial charge in [0.25, 0.3) is 5.91 Å². The number of carbonyl (C=O) groups is 1. The van der Waals surface area contributed by atoms with E-state index in [1.54, 1.807) is 42.5 Å². The van der Waals surface area contributed by atoms with Gasteiger partial charge in [-0.2, -0.15) is 5.10 Å². The van der Waals surface area contributed by atoms with Crippen molar-refractivity contribution in [3.05, 3.63) is 87.3 Å². The van der Waals surface area contributed by atoms with E-state index < -0.39 is 5.91 Å². The highest BCUT2D eigenvalue weighted by Crippen LogP contribution is 2.28. The van der Waals surface area contributed by atoms with E-state index in [0.29, 0.717) is 32.9 Å². The second kappa shape index (κ2) is 8.75. The molecule has 0 unspecified atom stereocenters. The molecule has 0 saturated heterocycles. The van der Waals surface area contributed by atoms with E-state index in [0.717, 1.165) is 5.56 Å². The number of hydrogen-bond acceptors (Lipinski definition) is 4. The van der Waals surface area contributed by atoms with Gasteiger partial charge in [-0.25, -0.2) is 5.43 Å². The Morgan fingerprint density at radius 2 is 1.89 bits per heavy atom. The van der Waals surface area contributed by atoms with E-state index >= 15 is 0 Å². The molecule has 138 valence electrons. The Balaban J connectivity index is 1.57. The Bertz CT molecular complexity index is 963. The van der Waals surface area contributed by atoms with Crippen LogP contribution in [0.15, 0.2) is 64.1 Å². The molecule has 0 aliphatic carbocycles. The van der Waals surface area contributed by atoms with Crippen LogP contribution in [-0.2, 0) is 6.61 Å². The second-order valence-electron chi connectivity index (χ2n) is 5.66. The Hall–Kier alpha value is -2.76. The fraction of sp³-hybridized carbons (Fsp3) is 0.100. The van der Waals surface area contributed by atoms with Crippen LogP contribution in [0.2, 0.25) is 10.0 Å². The predicted molar refractivity (Wildman–Crippen MR) is 106 cm³/mol. The molecule has 7 heteroatoms. The summed E-state index contributed by atoms with van der Waals surface area (Å²) in [6, 6.07) is 15.8. The summed E-state index contributed by atoms with van der Waals surface area (Å²) in [6.45, 7) is 2.15. The van der Waals surface area contributed by atoms with Gasteiger partial charge in [0.05, 0.1) is 21.8 Å². The fourth-order valence-corrected chi connectivity index (χ4v) is 2.84. The van der Waals surface area contributed by atoms with E-state index in [1.165, 1.54) is 6.21 Å². The van der Waals surface area contributed by atoms with Crippen molar-refractivity contribution in [2.75, 3.05) is 0 Å². The predicted octanol–water partition coefficient (Wildman–Crippen LogP) is 5.24. The molecule has 0 radical (unpaired) electrons. The number of rotatable bonds is 6. The molecule has 1 heterocycles. The summed E-state index contributed by atoms with van der Waals surface area (Å²) in [6.07, 6.45) is 1.40. The number of halogens is 2. The lowest BCUT2D eigenvalue weighted by Gasteiger charge is -2.09. The van der Waals surface area contributed by atoms with E-state index in [2.05, 4.69) is 10.5 Å². The number of hydrogen-bond donors (Lipinski definition) is 1. The molecule has 0 fully saturated rings. The minimum Gasteiger partial charge on any atom is -0.484 e. The van der Waals surface area contributed by atoms with Crippen LogP contribution in [0.5, 0.6) is 5.75 Å². The summed E-state index contributed by atoms with van der Waals surface area (Å²) in [4.78, 5) is 12.0. The van der Waals surface area contributed by atoms with Gasteiger partial charge < -0.3 is 9.15 Å². The Kier molecular flexibility index (Phi) is 6.16. The monoisotopic (exact) mass is 402 g/mol. The first kappa shape index (κ1) is 19.0. The van der Waals surface area contributed by atoms with E-state index in [1.807, 2.05) is 19.1 Å². The van der Waals surface area contributed by atoms with Crippen molar-refractivity contribution in [1.82, 2.24) is 5.43 Å². The third-order valence-corrected chi connectivity index (χ3v) is 4.31. The standard InChI is InChI=1S/C20H16Cl2N2O3/c1-13-5-4-8-18(22)19(13)26-12-15-10-9-14(27-15)11-23-24-20(25)16-6-2-3-7-17(16)21/h2-11H,12H2,1H3,(H,24,25)/b23-11-. The first-order valence-electron chi connectivity index (χ1n) is 8.09. The van der Waals surface area contributed by atoms with Crippen molar-refractivity contribution in [3.8, 4) is 5.75 Å². The number of carbonyl (C=O) groups excluding carboxylic acids is 1. The summed E-state index contributed by atoms with van der Waals surface area (Å²) < 4.78 is 11.3. The van der Waals surface area contributed by atoms with Crippen molar-refractivity contribution >= 4 is 35.3 Å². The molecule has 3 aromatic rings. The zero-order valence-corrected chi connectivity index (χ0v) is 15.9. The first-order chi connectivity index (χ1) is 13.0. The van der Waals surface area contributed by atoms with Crippen molar-refractivity contribution in [1.29, 1.82) is 0 Å². The molecule has 0 aliphatic rings. The molecule has 0 atom stereocenters. The SMILES string of the molecule is Cc1cccc(Cl)c1OCc1ccc(/C=N\NC(=O)c2ccccc2Cl)o1. The minimum atomic E-state index is -0.402. The quantitative estimate of drug-likeness (QED) is 0.452. The van der Waals surface area contributed by atoms with Gasteiger partial charge in [0.15, 0.2) is 0 Å². The number of hydrazone groups is 1. The molecule has 1 amide bonds. The van der Waals surface area contributed by atoms with Crippen molar-refractivity contribution in [3.63, 3.8) is 0 Å². The summed E-state index contributed by atoms with van der Waals surface area (Å²) in [5.41, 5.74) is 3.70. The lowest BCUT2D eigenvalue weighted by atomic mass is 10.2. The number of para-hydroxylation sites is 1. The van der Waals surface area contributed by atoms with Crippen molar-refractivity contribution < 1.29 is 13.9 Å². The highest BCUT2D eigenvalue weighted by Gasteiger charge is 2.09. The largest absolute Gasteiger partial charge is 0.484 e. The molecule has 0 bridgehead atoms. The number of nitrogens with zero attached hydrogens (tertiary/aromatic N) is 1. The molecule has 0 spiro atoms. The average Bonchev–Trinajstić information content (AvgIpc) is 3.09. The molecule has 0 aliphatic heterocycles. The smallest absolute Gasteiger partial charge is 0.272 e. The topological polar surface area (TPSA) is 63.8 Å². The fourth-order valence-electron chi connectivity index (χ4n) is 2.34.